The second-order valence-corrected chi connectivity index (χ2v) is 8.85. The zero-order chi connectivity index (χ0) is 20.4. The minimum absolute atomic E-state index is 0.381. The molecule has 0 saturated heterocycles. The molecule has 3 rings (SSSR count). The van der Waals surface area contributed by atoms with Crippen LogP contribution in [0.15, 0.2) is 16.6 Å². The number of aromatic nitrogens is 4. The Bertz CT molecular complexity index is 969. The van der Waals surface area contributed by atoms with E-state index in [4.69, 9.17) is 4.98 Å². The minimum Gasteiger partial charge on any atom is -0.379 e. The van der Waals surface area contributed by atoms with E-state index in [2.05, 4.69) is 94.2 Å². The van der Waals surface area contributed by atoms with Crippen molar-refractivity contribution in [2.45, 2.75) is 59.9 Å². The average molecular weight is 509 g/mol. The largest absolute Gasteiger partial charge is 0.379 e. The van der Waals surface area contributed by atoms with Gasteiger partial charge in [-0.3, -0.25) is 0 Å². The number of fused-ring (bicyclic) bond motifs is 1. The summed E-state index contributed by atoms with van der Waals surface area (Å²) in [6.45, 7) is 10.7. The number of nitrogens with zero attached hydrogens (tertiary/aromatic N) is 4. The predicted octanol–water partition coefficient (Wildman–Crippen LogP) is 6.04. The van der Waals surface area contributed by atoms with Crippen LogP contribution in [-0.4, -0.2) is 31.3 Å². The highest BCUT2D eigenvalue weighted by Crippen LogP contribution is 2.35. The highest BCUT2D eigenvalue weighted by Gasteiger charge is 2.21. The van der Waals surface area contributed by atoms with Crippen molar-refractivity contribution in [2.75, 3.05) is 10.6 Å². The smallest absolute Gasteiger partial charge is 0.186 e. The van der Waals surface area contributed by atoms with Crippen molar-refractivity contribution >= 4 is 48.7 Å². The van der Waals surface area contributed by atoms with Crippen molar-refractivity contribution in [1.82, 2.24) is 20.0 Å². The first-order valence-corrected chi connectivity index (χ1v) is 11.7. The standard InChI is InChI=1S/C21H27Br2N5/c1-6-15(7-2)24-18-17(23)16(8-9-22)25-21-19(18)26-27-28(21)20-13(4)10-12(3)11-14(20)5/h10-11,15H,6-9H2,1-5H3,(H,24,25). The van der Waals surface area contributed by atoms with E-state index in [-0.39, 0.29) is 0 Å². The normalized spacial score (nSPS) is 11.6. The Hall–Kier alpha value is -1.47. The van der Waals surface area contributed by atoms with Crippen molar-refractivity contribution in [3.05, 3.63) is 39.0 Å². The molecule has 150 valence electrons. The first-order chi connectivity index (χ1) is 13.4. The molecule has 0 aliphatic rings. The van der Waals surface area contributed by atoms with Gasteiger partial charge < -0.3 is 5.32 Å². The van der Waals surface area contributed by atoms with Crippen LogP contribution in [0.25, 0.3) is 16.9 Å². The van der Waals surface area contributed by atoms with E-state index < -0.39 is 0 Å². The summed E-state index contributed by atoms with van der Waals surface area (Å²) in [6, 6.07) is 4.74. The summed E-state index contributed by atoms with van der Waals surface area (Å²) < 4.78 is 2.87. The Kier molecular flexibility index (Phi) is 6.76. The molecule has 0 fully saturated rings. The zero-order valence-electron chi connectivity index (χ0n) is 17.1. The van der Waals surface area contributed by atoms with Crippen LogP contribution in [0.2, 0.25) is 0 Å². The average Bonchev–Trinajstić information content (AvgIpc) is 3.04. The molecule has 0 saturated carbocycles. The number of aryl methyl sites for hydroxylation is 4. The summed E-state index contributed by atoms with van der Waals surface area (Å²) in [5.41, 5.74) is 8.23. The lowest BCUT2D eigenvalue weighted by molar-refractivity contribution is 0.671. The summed E-state index contributed by atoms with van der Waals surface area (Å²) in [7, 11) is 0. The van der Waals surface area contributed by atoms with Gasteiger partial charge in [0.05, 0.1) is 21.5 Å². The van der Waals surface area contributed by atoms with Crippen LogP contribution in [0.4, 0.5) is 5.69 Å². The molecule has 0 atom stereocenters. The number of nitrogens with one attached hydrogen (secondary N) is 1. The van der Waals surface area contributed by atoms with Gasteiger partial charge in [-0.25, -0.2) is 4.98 Å². The Morgan fingerprint density at radius 3 is 2.32 bits per heavy atom. The Labute approximate surface area is 183 Å². The number of hydrogen-bond acceptors (Lipinski definition) is 4. The number of anilines is 1. The summed E-state index contributed by atoms with van der Waals surface area (Å²) in [4.78, 5) is 4.95. The molecule has 5 nitrogen and oxygen atoms in total. The molecule has 3 aromatic rings. The second kappa shape index (κ2) is 8.91. The molecule has 1 aromatic carbocycles. The van der Waals surface area contributed by atoms with Gasteiger partial charge in [-0.2, -0.15) is 4.68 Å². The van der Waals surface area contributed by atoms with Crippen molar-refractivity contribution < 1.29 is 0 Å². The lowest BCUT2D eigenvalue weighted by Crippen LogP contribution is -2.18. The van der Waals surface area contributed by atoms with Crippen molar-refractivity contribution in [3.63, 3.8) is 0 Å². The van der Waals surface area contributed by atoms with Crippen LogP contribution >= 0.6 is 31.9 Å². The van der Waals surface area contributed by atoms with Crippen LogP contribution in [0.1, 0.15) is 49.1 Å². The summed E-state index contributed by atoms with van der Waals surface area (Å²) in [6.07, 6.45) is 2.92. The number of hydrogen-bond donors (Lipinski definition) is 1. The molecule has 0 spiro atoms. The molecule has 0 bridgehead atoms. The fourth-order valence-corrected chi connectivity index (χ4v) is 4.67. The zero-order valence-corrected chi connectivity index (χ0v) is 20.3. The van der Waals surface area contributed by atoms with E-state index in [9.17, 15) is 0 Å². The Morgan fingerprint density at radius 2 is 1.75 bits per heavy atom. The fraction of sp³-hybridized carbons (Fsp3) is 0.476. The maximum absolute atomic E-state index is 4.95. The Morgan fingerprint density at radius 1 is 1.11 bits per heavy atom. The molecular formula is C21H27Br2N5. The second-order valence-electron chi connectivity index (χ2n) is 7.27. The lowest BCUT2D eigenvalue weighted by atomic mass is 10.1. The van der Waals surface area contributed by atoms with E-state index in [0.29, 0.717) is 6.04 Å². The van der Waals surface area contributed by atoms with E-state index in [0.717, 1.165) is 57.3 Å². The fourth-order valence-electron chi connectivity index (χ4n) is 3.71. The van der Waals surface area contributed by atoms with E-state index in [1.165, 1.54) is 16.7 Å². The van der Waals surface area contributed by atoms with Crippen molar-refractivity contribution in [3.8, 4) is 5.69 Å². The molecule has 0 amide bonds. The predicted molar refractivity (Wildman–Crippen MR) is 124 cm³/mol. The third kappa shape index (κ3) is 3.96. The molecule has 0 radical (unpaired) electrons. The maximum atomic E-state index is 4.95. The third-order valence-electron chi connectivity index (χ3n) is 5.11. The van der Waals surface area contributed by atoms with Gasteiger partial charge in [-0.15, -0.1) is 5.10 Å². The maximum Gasteiger partial charge on any atom is 0.186 e. The topological polar surface area (TPSA) is 55.6 Å². The van der Waals surface area contributed by atoms with Gasteiger partial charge >= 0.3 is 0 Å². The van der Waals surface area contributed by atoms with Crippen LogP contribution in [0, 0.1) is 20.8 Å². The molecule has 0 unspecified atom stereocenters. The molecule has 28 heavy (non-hydrogen) atoms. The molecule has 7 heteroatoms. The summed E-state index contributed by atoms with van der Waals surface area (Å²) >= 11 is 7.32. The van der Waals surface area contributed by atoms with Gasteiger partial charge in [0.2, 0.25) is 0 Å². The van der Waals surface area contributed by atoms with Gasteiger partial charge in [0.15, 0.2) is 11.2 Å². The molecule has 1 N–H and O–H groups in total. The monoisotopic (exact) mass is 507 g/mol. The van der Waals surface area contributed by atoms with Gasteiger partial charge in [0.1, 0.15) is 0 Å². The highest BCUT2D eigenvalue weighted by molar-refractivity contribution is 9.10. The SMILES string of the molecule is CCC(CC)Nc1c(Br)c(CCBr)nc2c1nnn2-c1c(C)cc(C)cc1C. The number of halogens is 2. The lowest BCUT2D eigenvalue weighted by Gasteiger charge is -2.19. The van der Waals surface area contributed by atoms with Gasteiger partial charge in [0, 0.05) is 17.8 Å². The molecule has 2 aromatic heterocycles. The van der Waals surface area contributed by atoms with E-state index in [1.54, 1.807) is 0 Å². The van der Waals surface area contributed by atoms with Crippen molar-refractivity contribution in [1.29, 1.82) is 0 Å². The summed E-state index contributed by atoms with van der Waals surface area (Å²) in [5, 5.41) is 13.6. The van der Waals surface area contributed by atoms with Crippen LogP contribution in [0.3, 0.4) is 0 Å². The molecular weight excluding hydrogens is 482 g/mol. The van der Waals surface area contributed by atoms with Gasteiger partial charge in [-0.1, -0.05) is 52.7 Å². The van der Waals surface area contributed by atoms with Gasteiger partial charge in [0.25, 0.3) is 0 Å². The molecule has 2 heterocycles. The minimum atomic E-state index is 0.381. The number of benzene rings is 1. The third-order valence-corrected chi connectivity index (χ3v) is 6.36. The quantitative estimate of drug-likeness (QED) is 0.395. The first-order valence-electron chi connectivity index (χ1n) is 9.75. The highest BCUT2D eigenvalue weighted by atomic mass is 79.9. The summed E-state index contributed by atoms with van der Waals surface area (Å²) in [5.74, 6) is 0. The van der Waals surface area contributed by atoms with Crippen LogP contribution in [-0.2, 0) is 6.42 Å². The van der Waals surface area contributed by atoms with E-state index in [1.807, 2.05) is 4.68 Å². The van der Waals surface area contributed by atoms with Crippen molar-refractivity contribution in [2.24, 2.45) is 0 Å². The molecule has 0 aliphatic heterocycles. The number of pyridine rings is 1. The van der Waals surface area contributed by atoms with E-state index >= 15 is 0 Å². The van der Waals surface area contributed by atoms with Gasteiger partial charge in [-0.05, 0) is 60.7 Å². The number of rotatable bonds is 7. The van der Waals surface area contributed by atoms with Crippen LogP contribution < -0.4 is 5.32 Å². The van der Waals surface area contributed by atoms with Crippen LogP contribution in [0.5, 0.6) is 0 Å². The molecule has 0 aliphatic carbocycles. The number of alkyl halides is 1. The Balaban J connectivity index is 2.27. The first kappa shape index (κ1) is 21.2.